The van der Waals surface area contributed by atoms with Gasteiger partial charge in [0.15, 0.2) is 0 Å². The highest BCUT2D eigenvalue weighted by Crippen LogP contribution is 2.17. The second-order valence-corrected chi connectivity index (χ2v) is 3.93. The van der Waals surface area contributed by atoms with E-state index in [9.17, 15) is 0 Å². The van der Waals surface area contributed by atoms with Crippen LogP contribution in [0.2, 0.25) is 0 Å². The minimum atomic E-state index is 0.122. The van der Waals surface area contributed by atoms with Crippen LogP contribution in [0.5, 0.6) is 0 Å². The van der Waals surface area contributed by atoms with Crippen LogP contribution in [-0.4, -0.2) is 6.04 Å². The third kappa shape index (κ3) is 3.42. The Morgan fingerprint density at radius 3 is 2.40 bits per heavy atom. The zero-order valence-corrected chi connectivity index (χ0v) is 9.75. The monoisotopic (exact) mass is 201 g/mol. The molecule has 1 heteroatoms. The first-order valence-corrected chi connectivity index (χ1v) is 5.46. The molecule has 0 fully saturated rings. The molecule has 0 amide bonds. The molecule has 0 aliphatic rings. The first-order chi connectivity index (χ1) is 7.17. The van der Waals surface area contributed by atoms with Crippen molar-refractivity contribution in [2.24, 2.45) is 0 Å². The van der Waals surface area contributed by atoms with Crippen molar-refractivity contribution < 1.29 is 0 Å². The van der Waals surface area contributed by atoms with Crippen LogP contribution in [0, 0.1) is 19.3 Å². The average Bonchev–Trinajstić information content (AvgIpc) is 2.27. The molecule has 15 heavy (non-hydrogen) atoms. The fraction of sp³-hybridized carbons (Fsp3) is 0.429. The van der Waals surface area contributed by atoms with Crippen LogP contribution < -0.4 is 5.32 Å². The lowest BCUT2D eigenvalue weighted by atomic mass is 10.0. The van der Waals surface area contributed by atoms with Crippen molar-refractivity contribution >= 4 is 0 Å². The molecule has 1 aromatic rings. The Morgan fingerprint density at radius 1 is 1.33 bits per heavy atom. The van der Waals surface area contributed by atoms with Crippen LogP contribution in [0.1, 0.15) is 37.4 Å². The molecule has 0 spiro atoms. The van der Waals surface area contributed by atoms with E-state index in [1.165, 1.54) is 11.1 Å². The molecule has 0 saturated heterocycles. The van der Waals surface area contributed by atoms with E-state index in [0.717, 1.165) is 6.42 Å². The van der Waals surface area contributed by atoms with Gasteiger partial charge in [-0.05, 0) is 25.8 Å². The highest BCUT2D eigenvalue weighted by molar-refractivity contribution is 5.24. The molecule has 1 nitrogen and oxygen atoms in total. The average molecular weight is 201 g/mol. The van der Waals surface area contributed by atoms with Crippen LogP contribution in [0.4, 0.5) is 0 Å². The summed E-state index contributed by atoms with van der Waals surface area (Å²) in [5.41, 5.74) is 2.60. The number of rotatable bonds is 4. The molecular weight excluding hydrogens is 182 g/mol. The molecule has 80 valence electrons. The number of terminal acetylenes is 1. The van der Waals surface area contributed by atoms with Crippen LogP contribution in [-0.2, 0) is 0 Å². The van der Waals surface area contributed by atoms with Gasteiger partial charge in [-0.3, -0.25) is 5.32 Å². The van der Waals surface area contributed by atoms with Crippen molar-refractivity contribution in [1.29, 1.82) is 0 Å². The fourth-order valence-corrected chi connectivity index (χ4v) is 1.60. The molecule has 0 bridgehead atoms. The Morgan fingerprint density at radius 2 is 1.93 bits per heavy atom. The van der Waals surface area contributed by atoms with Gasteiger partial charge in [-0.25, -0.2) is 0 Å². The minimum absolute atomic E-state index is 0.122. The zero-order chi connectivity index (χ0) is 11.3. The van der Waals surface area contributed by atoms with E-state index in [1.807, 2.05) is 6.92 Å². The number of hydrogen-bond donors (Lipinski definition) is 1. The summed E-state index contributed by atoms with van der Waals surface area (Å²) in [5, 5.41) is 3.42. The Kier molecular flexibility index (Phi) is 4.39. The van der Waals surface area contributed by atoms with Gasteiger partial charge in [0.05, 0.1) is 6.04 Å². The fourth-order valence-electron chi connectivity index (χ4n) is 1.60. The Labute approximate surface area is 92.9 Å². The van der Waals surface area contributed by atoms with E-state index in [2.05, 4.69) is 49.4 Å². The van der Waals surface area contributed by atoms with Crippen molar-refractivity contribution in [3.05, 3.63) is 35.4 Å². The Hall–Kier alpha value is -1.26. The molecule has 0 heterocycles. The maximum atomic E-state index is 5.36. The van der Waals surface area contributed by atoms with E-state index in [1.54, 1.807) is 0 Å². The first kappa shape index (κ1) is 11.8. The number of hydrogen-bond acceptors (Lipinski definition) is 1. The molecule has 1 N–H and O–H groups in total. The molecule has 0 aromatic heterocycles. The molecule has 2 unspecified atom stereocenters. The Bertz CT molecular complexity index is 331. The summed E-state index contributed by atoms with van der Waals surface area (Å²) in [6.07, 6.45) is 6.42. The van der Waals surface area contributed by atoms with Gasteiger partial charge in [-0.1, -0.05) is 42.7 Å². The zero-order valence-electron chi connectivity index (χ0n) is 9.75. The first-order valence-electron chi connectivity index (χ1n) is 5.46. The van der Waals surface area contributed by atoms with Crippen LogP contribution >= 0.6 is 0 Å². The van der Waals surface area contributed by atoms with E-state index in [-0.39, 0.29) is 6.04 Å². The topological polar surface area (TPSA) is 12.0 Å². The summed E-state index contributed by atoms with van der Waals surface area (Å²) >= 11 is 0. The third-order valence-electron chi connectivity index (χ3n) is 2.59. The summed E-state index contributed by atoms with van der Waals surface area (Å²) in [6.45, 7) is 6.28. The van der Waals surface area contributed by atoms with Crippen LogP contribution in [0.15, 0.2) is 24.3 Å². The smallest absolute Gasteiger partial charge is 0.0663 e. The predicted octanol–water partition coefficient (Wildman–Crippen LogP) is 3.06. The number of nitrogens with one attached hydrogen (secondary N) is 1. The molecule has 1 rings (SSSR count). The molecule has 0 saturated carbocycles. The van der Waals surface area contributed by atoms with Gasteiger partial charge < -0.3 is 0 Å². The van der Waals surface area contributed by atoms with Gasteiger partial charge in [-0.2, -0.15) is 0 Å². The van der Waals surface area contributed by atoms with E-state index >= 15 is 0 Å². The Balaban J connectivity index is 2.75. The van der Waals surface area contributed by atoms with E-state index < -0.39 is 0 Å². The second-order valence-electron chi connectivity index (χ2n) is 3.93. The van der Waals surface area contributed by atoms with Crippen molar-refractivity contribution in [2.75, 3.05) is 0 Å². The molecule has 2 atom stereocenters. The standard InChI is InChI=1S/C14H19N/c1-5-12(4)15-14(6-2)13-9-7-11(3)8-10-13/h1,7-10,12,14-15H,6H2,2-4H3. The molecule has 0 radical (unpaired) electrons. The van der Waals surface area contributed by atoms with E-state index in [0.29, 0.717) is 6.04 Å². The summed E-state index contributed by atoms with van der Waals surface area (Å²) in [4.78, 5) is 0. The summed E-state index contributed by atoms with van der Waals surface area (Å²) < 4.78 is 0. The molecule has 0 aliphatic heterocycles. The predicted molar refractivity (Wildman–Crippen MR) is 65.6 cm³/mol. The summed E-state index contributed by atoms with van der Waals surface area (Å²) in [7, 11) is 0. The largest absolute Gasteiger partial charge is 0.297 e. The maximum Gasteiger partial charge on any atom is 0.0663 e. The van der Waals surface area contributed by atoms with Gasteiger partial charge in [0.2, 0.25) is 0 Å². The lowest BCUT2D eigenvalue weighted by Gasteiger charge is -2.19. The minimum Gasteiger partial charge on any atom is -0.297 e. The van der Waals surface area contributed by atoms with Gasteiger partial charge in [-0.15, -0.1) is 6.42 Å². The molecule has 0 aliphatic carbocycles. The van der Waals surface area contributed by atoms with Crippen molar-refractivity contribution in [2.45, 2.75) is 39.3 Å². The van der Waals surface area contributed by atoms with Crippen LogP contribution in [0.3, 0.4) is 0 Å². The molecule has 1 aromatic carbocycles. The van der Waals surface area contributed by atoms with Gasteiger partial charge in [0.1, 0.15) is 0 Å². The van der Waals surface area contributed by atoms with Crippen molar-refractivity contribution in [3.8, 4) is 12.3 Å². The van der Waals surface area contributed by atoms with Crippen molar-refractivity contribution in [1.82, 2.24) is 5.32 Å². The second kappa shape index (κ2) is 5.58. The normalized spacial score (nSPS) is 14.3. The highest BCUT2D eigenvalue weighted by Gasteiger charge is 2.10. The van der Waals surface area contributed by atoms with Crippen LogP contribution in [0.25, 0.3) is 0 Å². The van der Waals surface area contributed by atoms with Gasteiger partial charge in [0, 0.05) is 6.04 Å². The van der Waals surface area contributed by atoms with Gasteiger partial charge in [0.25, 0.3) is 0 Å². The maximum absolute atomic E-state index is 5.36. The highest BCUT2D eigenvalue weighted by atomic mass is 14.9. The third-order valence-corrected chi connectivity index (χ3v) is 2.59. The van der Waals surface area contributed by atoms with E-state index in [4.69, 9.17) is 6.42 Å². The number of aryl methyl sites for hydroxylation is 1. The van der Waals surface area contributed by atoms with Crippen molar-refractivity contribution in [3.63, 3.8) is 0 Å². The quantitative estimate of drug-likeness (QED) is 0.738. The molecular formula is C14H19N. The van der Waals surface area contributed by atoms with Gasteiger partial charge >= 0.3 is 0 Å². The summed E-state index contributed by atoms with van der Waals surface area (Å²) in [6, 6.07) is 9.09. The summed E-state index contributed by atoms with van der Waals surface area (Å²) in [5.74, 6) is 2.70. The lowest BCUT2D eigenvalue weighted by molar-refractivity contribution is 0.497. The number of benzene rings is 1. The lowest BCUT2D eigenvalue weighted by Crippen LogP contribution is -2.28. The SMILES string of the molecule is C#CC(C)NC(CC)c1ccc(C)cc1.